The van der Waals surface area contributed by atoms with Crippen LogP contribution in [-0.4, -0.2) is 24.4 Å². The highest BCUT2D eigenvalue weighted by Crippen LogP contribution is 2.06. The molecular weight excluding hydrogens is 116 g/mol. The van der Waals surface area contributed by atoms with Crippen molar-refractivity contribution in [3.05, 3.63) is 0 Å². The predicted octanol–water partition coefficient (Wildman–Crippen LogP) is 0.148. The molecular formula is C6H11N2O. The average molecular weight is 127 g/mol. The molecule has 0 bridgehead atoms. The number of likely N-dealkylation sites (tertiary alicyclic amines) is 1. The third kappa shape index (κ3) is 2.01. The molecule has 1 aliphatic rings. The molecule has 0 unspecified atom stereocenters. The Hall–Kier alpha value is -0.570. The van der Waals surface area contributed by atoms with Crippen molar-refractivity contribution in [3.8, 4) is 0 Å². The third-order valence-electron chi connectivity index (χ3n) is 1.56. The highest BCUT2D eigenvalue weighted by Gasteiger charge is 2.12. The molecule has 3 heteroatoms. The zero-order chi connectivity index (χ0) is 5.98. The minimum atomic E-state index is 0. The van der Waals surface area contributed by atoms with Gasteiger partial charge in [-0.25, -0.2) is 0 Å². The van der Waals surface area contributed by atoms with Gasteiger partial charge in [-0.1, -0.05) is 0 Å². The standard InChI is InChI=1S/C6H11NO.N/c1-7-5-3-2-4-6(7)8;/h2-5H2,1H3;. The van der Waals surface area contributed by atoms with E-state index in [9.17, 15) is 4.79 Å². The van der Waals surface area contributed by atoms with E-state index in [-0.39, 0.29) is 6.15 Å². The van der Waals surface area contributed by atoms with Crippen LogP contribution in [0, 0.1) is 0 Å². The average Bonchev–Trinajstić information content (AvgIpc) is 1.77. The zero-order valence-corrected chi connectivity index (χ0v) is 5.63. The summed E-state index contributed by atoms with van der Waals surface area (Å²) in [5, 5.41) is 0. The molecule has 0 spiro atoms. The van der Waals surface area contributed by atoms with Crippen molar-refractivity contribution in [2.75, 3.05) is 13.6 Å². The Kier molecular flexibility index (Phi) is 3.24. The van der Waals surface area contributed by atoms with Gasteiger partial charge in [0.1, 0.15) is 0 Å². The van der Waals surface area contributed by atoms with Gasteiger partial charge in [-0.2, -0.15) is 0 Å². The summed E-state index contributed by atoms with van der Waals surface area (Å²) in [4.78, 5) is 12.5. The van der Waals surface area contributed by atoms with Crippen molar-refractivity contribution in [1.29, 1.82) is 0 Å². The Morgan fingerprint density at radius 1 is 1.44 bits per heavy atom. The second-order valence-corrected chi connectivity index (χ2v) is 2.27. The second-order valence-electron chi connectivity index (χ2n) is 2.27. The van der Waals surface area contributed by atoms with Crippen LogP contribution in [0.25, 0.3) is 0 Å². The molecule has 0 aromatic heterocycles. The predicted molar refractivity (Wildman–Crippen MR) is 33.6 cm³/mol. The van der Waals surface area contributed by atoms with Gasteiger partial charge in [0.2, 0.25) is 5.91 Å². The summed E-state index contributed by atoms with van der Waals surface area (Å²) in [6, 6.07) is 0. The van der Waals surface area contributed by atoms with Crippen molar-refractivity contribution in [2.24, 2.45) is 0 Å². The van der Waals surface area contributed by atoms with E-state index >= 15 is 0 Å². The highest BCUT2D eigenvalue weighted by molar-refractivity contribution is 5.76. The van der Waals surface area contributed by atoms with E-state index < -0.39 is 0 Å². The molecule has 3 radical (unpaired) electrons. The van der Waals surface area contributed by atoms with Crippen LogP contribution in [0.3, 0.4) is 0 Å². The van der Waals surface area contributed by atoms with Gasteiger partial charge in [-0.3, -0.25) is 4.79 Å². The summed E-state index contributed by atoms with van der Waals surface area (Å²) in [6.07, 6.45) is 3.03. The zero-order valence-electron chi connectivity index (χ0n) is 5.63. The molecule has 9 heavy (non-hydrogen) atoms. The number of carbonyl (C=O) groups is 1. The summed E-state index contributed by atoms with van der Waals surface area (Å²) in [5.74, 6) is 0.302. The Morgan fingerprint density at radius 2 is 2.11 bits per heavy atom. The Balaban J connectivity index is 0.000000640. The number of hydrogen-bond donors (Lipinski definition) is 0. The van der Waals surface area contributed by atoms with Crippen LogP contribution in [0.5, 0.6) is 0 Å². The van der Waals surface area contributed by atoms with Crippen molar-refractivity contribution >= 4 is 5.91 Å². The molecule has 1 aliphatic heterocycles. The molecule has 0 aromatic carbocycles. The molecule has 0 atom stereocenters. The molecule has 0 aliphatic carbocycles. The van der Waals surface area contributed by atoms with E-state index in [1.165, 1.54) is 6.42 Å². The van der Waals surface area contributed by atoms with Crippen LogP contribution >= 0.6 is 0 Å². The molecule has 1 rings (SSSR count). The summed E-state index contributed by atoms with van der Waals surface area (Å²) in [5.41, 5.74) is 0. The molecule has 1 heterocycles. The normalized spacial score (nSPS) is 19.2. The highest BCUT2D eigenvalue weighted by atomic mass is 16.2. The molecule has 1 fully saturated rings. The van der Waals surface area contributed by atoms with Crippen molar-refractivity contribution in [3.63, 3.8) is 0 Å². The van der Waals surface area contributed by atoms with Gasteiger partial charge in [0.05, 0.1) is 0 Å². The first-order valence-corrected chi connectivity index (χ1v) is 3.04. The van der Waals surface area contributed by atoms with Crippen LogP contribution in [0.4, 0.5) is 0 Å². The molecule has 3 nitrogen and oxygen atoms in total. The third-order valence-corrected chi connectivity index (χ3v) is 1.56. The van der Waals surface area contributed by atoms with Crippen molar-refractivity contribution in [1.82, 2.24) is 11.1 Å². The fourth-order valence-electron chi connectivity index (χ4n) is 0.941. The minimum Gasteiger partial charge on any atom is -0.346 e. The summed E-state index contributed by atoms with van der Waals surface area (Å²) in [6.45, 7) is 0.957. The van der Waals surface area contributed by atoms with Gasteiger partial charge in [-0.15, -0.1) is 0 Å². The first-order valence-electron chi connectivity index (χ1n) is 3.04. The summed E-state index contributed by atoms with van der Waals surface area (Å²) < 4.78 is 0. The molecule has 0 N–H and O–H groups in total. The van der Waals surface area contributed by atoms with E-state index in [0.717, 1.165) is 19.4 Å². The maximum atomic E-state index is 10.7. The summed E-state index contributed by atoms with van der Waals surface area (Å²) in [7, 11) is 1.86. The lowest BCUT2D eigenvalue weighted by molar-refractivity contribution is -0.131. The maximum absolute atomic E-state index is 10.7. The van der Waals surface area contributed by atoms with Gasteiger partial charge in [-0.05, 0) is 12.8 Å². The van der Waals surface area contributed by atoms with E-state index in [1.54, 1.807) is 4.90 Å². The maximum Gasteiger partial charge on any atom is 0.222 e. The first-order chi connectivity index (χ1) is 3.80. The molecule has 0 aromatic rings. The van der Waals surface area contributed by atoms with Crippen molar-refractivity contribution in [2.45, 2.75) is 19.3 Å². The monoisotopic (exact) mass is 127 g/mol. The lowest BCUT2D eigenvalue weighted by Gasteiger charge is -2.21. The molecule has 51 valence electrons. The molecule has 1 saturated heterocycles. The Labute approximate surface area is 55.6 Å². The van der Waals surface area contributed by atoms with Crippen LogP contribution in [0.15, 0.2) is 0 Å². The van der Waals surface area contributed by atoms with E-state index in [1.807, 2.05) is 7.05 Å². The number of amides is 1. The SMILES string of the molecule is CN1CCCCC1=O.[N]. The van der Waals surface area contributed by atoms with E-state index in [4.69, 9.17) is 0 Å². The number of hydrogen-bond acceptors (Lipinski definition) is 1. The molecule has 1 amide bonds. The largest absolute Gasteiger partial charge is 0.346 e. The number of carbonyl (C=O) groups excluding carboxylic acids is 1. The second kappa shape index (κ2) is 3.45. The van der Waals surface area contributed by atoms with Gasteiger partial charge >= 0.3 is 0 Å². The van der Waals surface area contributed by atoms with Crippen LogP contribution in [0.2, 0.25) is 0 Å². The number of rotatable bonds is 0. The molecule has 0 saturated carbocycles. The van der Waals surface area contributed by atoms with Crippen molar-refractivity contribution < 1.29 is 4.79 Å². The Morgan fingerprint density at radius 3 is 2.44 bits per heavy atom. The lowest BCUT2D eigenvalue weighted by Crippen LogP contribution is -2.31. The first kappa shape index (κ1) is 8.43. The van der Waals surface area contributed by atoms with E-state index in [0.29, 0.717) is 5.91 Å². The van der Waals surface area contributed by atoms with Gasteiger partial charge in [0, 0.05) is 26.2 Å². The van der Waals surface area contributed by atoms with Crippen LogP contribution in [0.1, 0.15) is 19.3 Å². The smallest absolute Gasteiger partial charge is 0.222 e. The fraction of sp³-hybridized carbons (Fsp3) is 0.833. The van der Waals surface area contributed by atoms with Gasteiger partial charge in [0.25, 0.3) is 0 Å². The lowest BCUT2D eigenvalue weighted by atomic mass is 10.1. The quantitative estimate of drug-likeness (QED) is 0.457. The van der Waals surface area contributed by atoms with Gasteiger partial charge < -0.3 is 4.90 Å². The fourth-order valence-corrected chi connectivity index (χ4v) is 0.941. The number of nitrogens with zero attached hydrogens (tertiary/aromatic N) is 2. The number of piperidine rings is 1. The van der Waals surface area contributed by atoms with E-state index in [2.05, 4.69) is 0 Å². The van der Waals surface area contributed by atoms with Gasteiger partial charge in [0.15, 0.2) is 0 Å². The Bertz CT molecular complexity index is 103. The summed E-state index contributed by atoms with van der Waals surface area (Å²) >= 11 is 0. The minimum absolute atomic E-state index is 0. The topological polar surface area (TPSA) is 50.8 Å². The van der Waals surface area contributed by atoms with Crippen LogP contribution < -0.4 is 6.15 Å². The van der Waals surface area contributed by atoms with Crippen LogP contribution in [-0.2, 0) is 4.79 Å².